The lowest BCUT2D eigenvalue weighted by atomic mass is 10.0. The van der Waals surface area contributed by atoms with Crippen LogP contribution >= 0.6 is 15.9 Å². The molecule has 0 aliphatic carbocycles. The Balaban J connectivity index is 2.43. The van der Waals surface area contributed by atoms with Crippen molar-refractivity contribution in [3.05, 3.63) is 34.3 Å². The van der Waals surface area contributed by atoms with Crippen LogP contribution in [0.25, 0.3) is 0 Å². The van der Waals surface area contributed by atoms with E-state index in [1.165, 1.54) is 0 Å². The van der Waals surface area contributed by atoms with E-state index in [2.05, 4.69) is 15.9 Å². The summed E-state index contributed by atoms with van der Waals surface area (Å²) in [6, 6.07) is 7.97. The molecule has 0 saturated carbocycles. The molecule has 4 nitrogen and oxygen atoms in total. The normalized spacial score (nSPS) is 12.9. The summed E-state index contributed by atoms with van der Waals surface area (Å²) in [5.41, 5.74) is 7.22. The number of nitrogens with two attached hydrogens (primary N) is 1. The van der Waals surface area contributed by atoms with Gasteiger partial charge in [0.1, 0.15) is 0 Å². The van der Waals surface area contributed by atoms with Gasteiger partial charge in [0.2, 0.25) is 0 Å². The maximum absolute atomic E-state index is 8.92. The zero-order valence-corrected chi connectivity index (χ0v) is 12.0. The Hall–Kier alpha value is -0.460. The number of benzene rings is 1. The van der Waals surface area contributed by atoms with Crippen LogP contribution in [0.4, 0.5) is 0 Å². The molecule has 4 N–H and O–H groups in total. The van der Waals surface area contributed by atoms with Gasteiger partial charge in [0.05, 0.1) is 13.2 Å². The van der Waals surface area contributed by atoms with Crippen LogP contribution in [-0.2, 0) is 0 Å². The highest BCUT2D eigenvalue weighted by atomic mass is 79.9. The molecule has 0 saturated heterocycles. The average molecular weight is 317 g/mol. The van der Waals surface area contributed by atoms with Gasteiger partial charge in [-0.2, -0.15) is 0 Å². The lowest BCUT2D eigenvalue weighted by molar-refractivity contribution is 0.157. The molecule has 102 valence electrons. The summed E-state index contributed by atoms with van der Waals surface area (Å²) in [6.45, 7) is 2.14. The summed E-state index contributed by atoms with van der Waals surface area (Å²) in [4.78, 5) is 2.01. The standard InChI is InChI=1S/C13H21BrN2O2/c14-12-3-1-11(2-4-12)13(15)5-6-16(7-9-17)8-10-18/h1-4,13,17-18H,5-10,15H2. The third-order valence-electron chi connectivity index (χ3n) is 2.89. The van der Waals surface area contributed by atoms with E-state index < -0.39 is 0 Å². The Labute approximate surface area is 117 Å². The van der Waals surface area contributed by atoms with Gasteiger partial charge in [0, 0.05) is 30.1 Å². The first-order valence-corrected chi connectivity index (χ1v) is 6.91. The van der Waals surface area contributed by atoms with E-state index >= 15 is 0 Å². The van der Waals surface area contributed by atoms with Crippen molar-refractivity contribution >= 4 is 15.9 Å². The predicted molar refractivity (Wildman–Crippen MR) is 76.3 cm³/mol. The minimum absolute atomic E-state index is 0.0158. The first-order chi connectivity index (χ1) is 8.67. The highest BCUT2D eigenvalue weighted by Gasteiger charge is 2.09. The van der Waals surface area contributed by atoms with Crippen LogP contribution in [0.1, 0.15) is 18.0 Å². The minimum Gasteiger partial charge on any atom is -0.395 e. The van der Waals surface area contributed by atoms with Gasteiger partial charge in [-0.1, -0.05) is 28.1 Å². The summed E-state index contributed by atoms with van der Waals surface area (Å²) in [7, 11) is 0. The molecule has 0 fully saturated rings. The molecule has 0 bridgehead atoms. The van der Waals surface area contributed by atoms with E-state index in [-0.39, 0.29) is 19.3 Å². The Kier molecular flexibility index (Phi) is 7.46. The number of halogens is 1. The molecule has 0 radical (unpaired) electrons. The Morgan fingerprint density at radius 3 is 2.11 bits per heavy atom. The second-order valence-electron chi connectivity index (χ2n) is 4.24. The maximum atomic E-state index is 8.92. The first kappa shape index (κ1) is 15.6. The number of rotatable bonds is 8. The van der Waals surface area contributed by atoms with E-state index in [0.29, 0.717) is 13.1 Å². The summed E-state index contributed by atoms with van der Waals surface area (Å²) in [6.07, 6.45) is 0.807. The van der Waals surface area contributed by atoms with E-state index in [1.54, 1.807) is 0 Å². The van der Waals surface area contributed by atoms with Crippen LogP contribution in [0.5, 0.6) is 0 Å². The van der Waals surface area contributed by atoms with Crippen LogP contribution in [0.2, 0.25) is 0 Å². The Morgan fingerprint density at radius 1 is 1.06 bits per heavy atom. The molecular weight excluding hydrogens is 296 g/mol. The first-order valence-electron chi connectivity index (χ1n) is 6.12. The van der Waals surface area contributed by atoms with Crippen LogP contribution in [0.15, 0.2) is 28.7 Å². The van der Waals surface area contributed by atoms with Crippen LogP contribution in [0.3, 0.4) is 0 Å². The molecule has 1 unspecified atom stereocenters. The third-order valence-corrected chi connectivity index (χ3v) is 3.42. The summed E-state index contributed by atoms with van der Waals surface area (Å²) in [5, 5.41) is 17.8. The number of nitrogens with zero attached hydrogens (tertiary/aromatic N) is 1. The van der Waals surface area contributed by atoms with Gasteiger partial charge in [0.25, 0.3) is 0 Å². The summed E-state index contributed by atoms with van der Waals surface area (Å²) in [5.74, 6) is 0. The van der Waals surface area contributed by atoms with Crippen molar-refractivity contribution < 1.29 is 10.2 Å². The summed E-state index contributed by atoms with van der Waals surface area (Å²) >= 11 is 3.39. The van der Waals surface area contributed by atoms with Crippen molar-refractivity contribution in [1.29, 1.82) is 0 Å². The predicted octanol–water partition coefficient (Wildman–Crippen LogP) is 1.13. The molecule has 0 spiro atoms. The van der Waals surface area contributed by atoms with Gasteiger partial charge >= 0.3 is 0 Å². The second kappa shape index (κ2) is 8.61. The Bertz CT molecular complexity index is 326. The lowest BCUT2D eigenvalue weighted by Gasteiger charge is -2.22. The largest absolute Gasteiger partial charge is 0.395 e. The van der Waals surface area contributed by atoms with Crippen LogP contribution in [0, 0.1) is 0 Å². The fourth-order valence-electron chi connectivity index (χ4n) is 1.82. The lowest BCUT2D eigenvalue weighted by Crippen LogP contribution is -2.32. The SMILES string of the molecule is NC(CCN(CCO)CCO)c1ccc(Br)cc1. The highest BCUT2D eigenvalue weighted by molar-refractivity contribution is 9.10. The quantitative estimate of drug-likeness (QED) is 0.672. The molecule has 5 heteroatoms. The Morgan fingerprint density at radius 2 is 1.61 bits per heavy atom. The fourth-order valence-corrected chi connectivity index (χ4v) is 2.08. The molecule has 0 aromatic heterocycles. The van der Waals surface area contributed by atoms with Crippen molar-refractivity contribution in [1.82, 2.24) is 4.90 Å². The topological polar surface area (TPSA) is 69.7 Å². The second-order valence-corrected chi connectivity index (χ2v) is 5.15. The average Bonchev–Trinajstić information content (AvgIpc) is 2.37. The van der Waals surface area contributed by atoms with Gasteiger partial charge in [-0.3, -0.25) is 4.90 Å². The van der Waals surface area contributed by atoms with Crippen molar-refractivity contribution in [3.8, 4) is 0 Å². The van der Waals surface area contributed by atoms with E-state index in [4.69, 9.17) is 15.9 Å². The molecule has 1 rings (SSSR count). The molecule has 0 aliphatic rings. The molecular formula is C13H21BrN2O2. The molecule has 1 aromatic carbocycles. The fraction of sp³-hybridized carbons (Fsp3) is 0.538. The number of aliphatic hydroxyl groups is 2. The van der Waals surface area contributed by atoms with Gasteiger partial charge in [0.15, 0.2) is 0 Å². The minimum atomic E-state index is -0.0158. The zero-order chi connectivity index (χ0) is 13.4. The van der Waals surface area contributed by atoms with E-state index in [0.717, 1.165) is 23.0 Å². The monoisotopic (exact) mass is 316 g/mol. The van der Waals surface area contributed by atoms with Gasteiger partial charge in [-0.15, -0.1) is 0 Å². The molecule has 18 heavy (non-hydrogen) atoms. The van der Waals surface area contributed by atoms with Gasteiger partial charge < -0.3 is 15.9 Å². The van der Waals surface area contributed by atoms with E-state index in [1.807, 2.05) is 29.2 Å². The van der Waals surface area contributed by atoms with Gasteiger partial charge in [-0.25, -0.2) is 0 Å². The molecule has 0 heterocycles. The van der Waals surface area contributed by atoms with Crippen LogP contribution < -0.4 is 5.73 Å². The van der Waals surface area contributed by atoms with Gasteiger partial charge in [-0.05, 0) is 24.1 Å². The molecule has 1 atom stereocenters. The van der Waals surface area contributed by atoms with Crippen molar-refractivity contribution in [2.24, 2.45) is 5.73 Å². The van der Waals surface area contributed by atoms with E-state index in [9.17, 15) is 0 Å². The molecule has 1 aromatic rings. The van der Waals surface area contributed by atoms with Crippen molar-refractivity contribution in [2.45, 2.75) is 12.5 Å². The number of hydrogen-bond donors (Lipinski definition) is 3. The summed E-state index contributed by atoms with van der Waals surface area (Å²) < 4.78 is 1.04. The highest BCUT2D eigenvalue weighted by Crippen LogP contribution is 2.17. The smallest absolute Gasteiger partial charge is 0.0558 e. The van der Waals surface area contributed by atoms with Crippen LogP contribution in [-0.4, -0.2) is 48.0 Å². The third kappa shape index (κ3) is 5.46. The van der Waals surface area contributed by atoms with Crippen molar-refractivity contribution in [3.63, 3.8) is 0 Å². The molecule has 0 aliphatic heterocycles. The molecule has 0 amide bonds. The maximum Gasteiger partial charge on any atom is 0.0558 e. The number of aliphatic hydroxyl groups excluding tert-OH is 2. The van der Waals surface area contributed by atoms with Crippen molar-refractivity contribution in [2.75, 3.05) is 32.8 Å². The zero-order valence-electron chi connectivity index (χ0n) is 10.4. The number of hydrogen-bond acceptors (Lipinski definition) is 4.